The molecule has 1 saturated heterocycles. The highest BCUT2D eigenvalue weighted by Crippen LogP contribution is 2.61. The molecule has 1 heterocycles. The molecule has 0 aliphatic carbocycles. The molecule has 1 fully saturated rings. The number of hydrogen-bond acceptors (Lipinski definition) is 1. The van der Waals surface area contributed by atoms with Gasteiger partial charge in [0.2, 0.25) is 0 Å². The molecule has 1 nitrogen and oxygen atoms in total. The van der Waals surface area contributed by atoms with E-state index in [1.165, 1.54) is 0 Å². The Morgan fingerprint density at radius 2 is 1.04 bits per heavy atom. The predicted octanol–water partition coefficient (Wildman–Crippen LogP) is 6.46. The molecule has 2 atom stereocenters. The summed E-state index contributed by atoms with van der Waals surface area (Å²) in [5.41, 5.74) is -6.29. The second-order valence-electron chi connectivity index (χ2n) is 6.43. The number of hydrogen-bond donors (Lipinski definition) is 0. The summed E-state index contributed by atoms with van der Waals surface area (Å²) in [6.45, 7) is 0.455. The minimum atomic E-state index is -7.69. The van der Waals surface area contributed by atoms with Crippen molar-refractivity contribution in [3.8, 4) is 0 Å². The van der Waals surface area contributed by atoms with E-state index in [1.54, 1.807) is 0 Å². The average molecular weight is 446 g/mol. The fraction of sp³-hybridized carbons (Fsp3) is 1.00. The van der Waals surface area contributed by atoms with Gasteiger partial charge >= 0.3 is 30.1 Å². The highest BCUT2D eigenvalue weighted by Gasteiger charge is 2.89. The van der Waals surface area contributed by atoms with Crippen LogP contribution in [0.3, 0.4) is 0 Å². The molecule has 0 spiro atoms. The van der Waals surface area contributed by atoms with Crippen molar-refractivity contribution < 1.29 is 61.8 Å². The van der Waals surface area contributed by atoms with Crippen molar-refractivity contribution in [3.05, 3.63) is 0 Å². The molecule has 0 bridgehead atoms. The fourth-order valence-corrected chi connectivity index (χ4v) is 2.43. The maximum absolute atomic E-state index is 14.1. The van der Waals surface area contributed by atoms with Crippen molar-refractivity contribution in [2.45, 2.75) is 80.4 Å². The predicted molar refractivity (Wildman–Crippen MR) is 68.2 cm³/mol. The zero-order valence-electron chi connectivity index (χ0n) is 13.8. The number of unbranched alkanes of at least 4 members (excludes halogenated alkanes) is 3. The van der Waals surface area contributed by atoms with Gasteiger partial charge in [-0.2, -0.15) is 52.7 Å². The van der Waals surface area contributed by atoms with Crippen LogP contribution in [0.4, 0.5) is 57.1 Å². The van der Waals surface area contributed by atoms with E-state index in [4.69, 9.17) is 4.74 Å². The highest BCUT2D eigenvalue weighted by atomic mass is 19.4. The van der Waals surface area contributed by atoms with Crippen molar-refractivity contribution >= 4 is 0 Å². The molecule has 0 saturated carbocycles. The van der Waals surface area contributed by atoms with Gasteiger partial charge in [-0.05, 0) is 19.3 Å². The SMILES string of the molecule is FC(F)(F)C(F)(F)C(F)(F)C(F)(F)C(F)(CCCCCCC1CO1)C(F)(F)F. The van der Waals surface area contributed by atoms with Crippen LogP contribution in [0.2, 0.25) is 0 Å². The Balaban J connectivity index is 3.01. The van der Waals surface area contributed by atoms with Gasteiger partial charge in [0.15, 0.2) is 0 Å². The summed E-state index contributed by atoms with van der Waals surface area (Å²) in [5.74, 6) is -22.7. The van der Waals surface area contributed by atoms with E-state index in [0.29, 0.717) is 19.4 Å². The highest BCUT2D eigenvalue weighted by molar-refractivity contribution is 5.12. The molecule has 1 aliphatic rings. The first-order chi connectivity index (χ1) is 12.3. The Labute approximate surface area is 150 Å². The first-order valence-corrected chi connectivity index (χ1v) is 7.90. The van der Waals surface area contributed by atoms with Crippen LogP contribution in [0.15, 0.2) is 0 Å². The van der Waals surface area contributed by atoms with Gasteiger partial charge in [0.1, 0.15) is 0 Å². The number of rotatable bonds is 10. The standard InChI is InChI=1S/C14H15F13O/c15-9(13(22,23)24,6-4-2-1-3-5-8-7-28-8)10(16,17)11(18,19)12(20,21)14(25,26)27/h8H,1-7H2. The lowest BCUT2D eigenvalue weighted by molar-refractivity contribution is -0.432. The van der Waals surface area contributed by atoms with Gasteiger partial charge in [-0.3, -0.25) is 0 Å². The lowest BCUT2D eigenvalue weighted by Gasteiger charge is -2.41. The quantitative estimate of drug-likeness (QED) is 0.213. The van der Waals surface area contributed by atoms with Gasteiger partial charge in [-0.25, -0.2) is 4.39 Å². The molecular weight excluding hydrogens is 431 g/mol. The van der Waals surface area contributed by atoms with Crippen molar-refractivity contribution in [1.82, 2.24) is 0 Å². The second-order valence-corrected chi connectivity index (χ2v) is 6.43. The summed E-state index contributed by atoms with van der Waals surface area (Å²) in [4.78, 5) is 0. The van der Waals surface area contributed by atoms with Gasteiger partial charge in [0, 0.05) is 0 Å². The fourth-order valence-electron chi connectivity index (χ4n) is 2.43. The van der Waals surface area contributed by atoms with Gasteiger partial charge in [-0.15, -0.1) is 0 Å². The molecule has 2 unspecified atom stereocenters. The first-order valence-electron chi connectivity index (χ1n) is 7.90. The van der Waals surface area contributed by atoms with Crippen LogP contribution in [0.25, 0.3) is 0 Å². The third-order valence-electron chi connectivity index (χ3n) is 4.29. The van der Waals surface area contributed by atoms with Crippen molar-refractivity contribution in [1.29, 1.82) is 0 Å². The van der Waals surface area contributed by atoms with Crippen LogP contribution >= 0.6 is 0 Å². The van der Waals surface area contributed by atoms with Gasteiger partial charge in [0.05, 0.1) is 12.7 Å². The summed E-state index contributed by atoms with van der Waals surface area (Å²) in [6, 6.07) is 0. The first kappa shape index (κ1) is 25.1. The Hall–Kier alpha value is -0.950. The lowest BCUT2D eigenvalue weighted by atomic mass is 9.84. The Bertz CT molecular complexity index is 520. The van der Waals surface area contributed by atoms with Crippen LogP contribution in [0.1, 0.15) is 38.5 Å². The topological polar surface area (TPSA) is 12.5 Å². The van der Waals surface area contributed by atoms with Gasteiger partial charge < -0.3 is 4.74 Å². The summed E-state index contributed by atoms with van der Waals surface area (Å²) in [5, 5.41) is 0. The molecule has 1 aliphatic heterocycles. The molecule has 28 heavy (non-hydrogen) atoms. The van der Waals surface area contributed by atoms with E-state index in [9.17, 15) is 57.1 Å². The number of ether oxygens (including phenoxy) is 1. The monoisotopic (exact) mass is 446 g/mol. The van der Waals surface area contributed by atoms with E-state index < -0.39 is 48.6 Å². The van der Waals surface area contributed by atoms with E-state index in [2.05, 4.69) is 0 Å². The third kappa shape index (κ3) is 4.45. The average Bonchev–Trinajstić information content (AvgIpc) is 3.31. The summed E-state index contributed by atoms with van der Waals surface area (Å²) < 4.78 is 173. The Morgan fingerprint density at radius 1 is 0.571 bits per heavy atom. The molecule has 1 rings (SSSR count). The molecule has 0 radical (unpaired) electrons. The minimum Gasteiger partial charge on any atom is -0.373 e. The molecule has 0 amide bonds. The zero-order chi connectivity index (χ0) is 22.2. The van der Waals surface area contributed by atoms with Crippen LogP contribution in [0, 0.1) is 0 Å². The van der Waals surface area contributed by atoms with Crippen LogP contribution in [-0.4, -0.2) is 48.5 Å². The van der Waals surface area contributed by atoms with E-state index in [-0.39, 0.29) is 18.9 Å². The van der Waals surface area contributed by atoms with Gasteiger partial charge in [-0.1, -0.05) is 19.3 Å². The minimum absolute atomic E-state index is 0.0640. The maximum Gasteiger partial charge on any atom is 0.460 e. The van der Waals surface area contributed by atoms with Gasteiger partial charge in [0.25, 0.3) is 5.67 Å². The zero-order valence-corrected chi connectivity index (χ0v) is 13.8. The molecule has 168 valence electrons. The summed E-state index contributed by atoms with van der Waals surface area (Å²) in [6.07, 6.45) is -17.2. The maximum atomic E-state index is 14.1. The van der Waals surface area contributed by atoms with E-state index >= 15 is 0 Å². The number of halogens is 13. The Kier molecular flexibility index (Phi) is 6.91. The molecule has 0 aromatic heterocycles. The largest absolute Gasteiger partial charge is 0.460 e. The summed E-state index contributed by atoms with van der Waals surface area (Å²) >= 11 is 0. The van der Waals surface area contributed by atoms with Crippen LogP contribution in [0.5, 0.6) is 0 Å². The molecular formula is C14H15F13O. The third-order valence-corrected chi connectivity index (χ3v) is 4.29. The second kappa shape index (κ2) is 7.71. The van der Waals surface area contributed by atoms with E-state index in [1.807, 2.05) is 0 Å². The van der Waals surface area contributed by atoms with Crippen molar-refractivity contribution in [2.24, 2.45) is 0 Å². The summed E-state index contributed by atoms with van der Waals surface area (Å²) in [7, 11) is 0. The molecule has 0 aromatic carbocycles. The molecule has 14 heteroatoms. The number of epoxide rings is 1. The van der Waals surface area contributed by atoms with Crippen LogP contribution < -0.4 is 0 Å². The smallest absolute Gasteiger partial charge is 0.373 e. The number of alkyl halides is 13. The van der Waals surface area contributed by atoms with Crippen molar-refractivity contribution in [2.75, 3.05) is 6.61 Å². The van der Waals surface area contributed by atoms with E-state index in [0.717, 1.165) is 0 Å². The van der Waals surface area contributed by atoms with Crippen molar-refractivity contribution in [3.63, 3.8) is 0 Å². The molecule has 0 N–H and O–H groups in total. The normalized spacial score (nSPS) is 21.5. The molecule has 0 aromatic rings. The Morgan fingerprint density at radius 3 is 1.43 bits per heavy atom. The lowest BCUT2D eigenvalue weighted by Crippen LogP contribution is -2.70. The van der Waals surface area contributed by atoms with Crippen LogP contribution in [-0.2, 0) is 4.74 Å².